The van der Waals surface area contributed by atoms with E-state index in [1.54, 1.807) is 0 Å². The van der Waals surface area contributed by atoms with Crippen molar-refractivity contribution < 1.29 is 17.7 Å². The Labute approximate surface area is 615 Å². The highest BCUT2D eigenvalue weighted by atomic mass is 16.3. The van der Waals surface area contributed by atoms with Crippen molar-refractivity contribution in [3.63, 3.8) is 0 Å². The largest absolute Gasteiger partial charge is 0.456 e. The zero-order valence-corrected chi connectivity index (χ0v) is 57.5. The zero-order valence-electron chi connectivity index (χ0n) is 57.5. The third-order valence-corrected chi connectivity index (χ3v) is 20.9. The van der Waals surface area contributed by atoms with Crippen LogP contribution in [-0.4, -0.2) is 39.0 Å². The van der Waals surface area contributed by atoms with Crippen LogP contribution in [0.1, 0.15) is 0 Å². The Bertz CT molecular complexity index is 7540. The topological polar surface area (TPSA) is 140 Å². The number of fused-ring (bicyclic) bond motifs is 18. The molecule has 12 heteroatoms. The summed E-state index contributed by atoms with van der Waals surface area (Å²) in [4.78, 5) is 30.8. The summed E-state index contributed by atoms with van der Waals surface area (Å²) in [6, 6.07) is 117. The molecular weight excluding hydrogens is 1330 g/mol. The maximum Gasteiger partial charge on any atom is 0.167 e. The molecule has 0 aliphatic carbocycles. The van der Waals surface area contributed by atoms with E-state index in [0.29, 0.717) is 34.9 Å². The lowest BCUT2D eigenvalue weighted by atomic mass is 10.0. The van der Waals surface area contributed by atoms with Crippen LogP contribution in [0.3, 0.4) is 0 Å². The molecule has 0 unspecified atom stereocenters. The van der Waals surface area contributed by atoms with Gasteiger partial charge in [0.1, 0.15) is 44.7 Å². The van der Waals surface area contributed by atoms with Gasteiger partial charge < -0.3 is 26.8 Å². The van der Waals surface area contributed by atoms with Crippen molar-refractivity contribution in [3.8, 4) is 90.8 Å². The molecule has 0 saturated heterocycles. The van der Waals surface area contributed by atoms with Gasteiger partial charge in [0.2, 0.25) is 0 Å². The van der Waals surface area contributed by atoms with Crippen LogP contribution >= 0.6 is 0 Å². The molecule has 0 radical (unpaired) electrons. The van der Waals surface area contributed by atoms with Crippen molar-refractivity contribution in [2.45, 2.75) is 0 Å². The Kier molecular flexibility index (Phi) is 13.7. The van der Waals surface area contributed by atoms with Crippen molar-refractivity contribution in [3.05, 3.63) is 340 Å². The lowest BCUT2D eigenvalue weighted by Crippen LogP contribution is -2.00. The van der Waals surface area contributed by atoms with Gasteiger partial charge in [0.25, 0.3) is 0 Å². The van der Waals surface area contributed by atoms with E-state index in [4.69, 9.17) is 47.6 Å². The van der Waals surface area contributed by atoms with Gasteiger partial charge in [-0.25, -0.2) is 29.9 Å². The predicted molar refractivity (Wildman–Crippen MR) is 435 cm³/mol. The van der Waals surface area contributed by atoms with E-state index in [0.717, 1.165) is 176 Å². The second kappa shape index (κ2) is 24.4. The lowest BCUT2D eigenvalue weighted by Gasteiger charge is -2.10. The molecule has 0 aliphatic heterocycles. The minimum Gasteiger partial charge on any atom is -0.456 e. The number of hydrogen-bond donors (Lipinski definition) is 0. The Morgan fingerprint density at radius 3 is 1.12 bits per heavy atom. The molecule has 12 nitrogen and oxygen atoms in total. The van der Waals surface area contributed by atoms with Gasteiger partial charge in [-0.1, -0.05) is 231 Å². The molecular formula is C96H56N8O4. The minimum atomic E-state index is 0.528. The van der Waals surface area contributed by atoms with Gasteiger partial charge in [0.15, 0.2) is 34.9 Å². The summed E-state index contributed by atoms with van der Waals surface area (Å²) in [6.45, 7) is 0. The van der Waals surface area contributed by atoms with E-state index in [-0.39, 0.29) is 0 Å². The number of benzene rings is 15. The Morgan fingerprint density at radius 1 is 0.185 bits per heavy atom. The van der Waals surface area contributed by atoms with Crippen LogP contribution in [0.25, 0.3) is 222 Å². The smallest absolute Gasteiger partial charge is 0.167 e. The highest BCUT2D eigenvalue weighted by molar-refractivity contribution is 6.20. The fourth-order valence-corrected chi connectivity index (χ4v) is 15.9. The van der Waals surface area contributed by atoms with E-state index in [9.17, 15) is 0 Å². The average Bonchev–Trinajstić information content (AvgIpc) is 1.56. The molecule has 8 aromatic heterocycles. The first-order chi connectivity index (χ1) is 53.5. The molecule has 15 aromatic carbocycles. The number of nitrogens with zero attached hydrogens (tertiary/aromatic N) is 8. The molecule has 8 heterocycles. The molecule has 0 fully saturated rings. The van der Waals surface area contributed by atoms with Gasteiger partial charge in [0.05, 0.1) is 33.2 Å². The number of rotatable bonds is 9. The van der Waals surface area contributed by atoms with Crippen molar-refractivity contribution in [2.75, 3.05) is 0 Å². The summed E-state index contributed by atoms with van der Waals surface area (Å²) in [6.07, 6.45) is 0. The van der Waals surface area contributed by atoms with Crippen molar-refractivity contribution in [2.24, 2.45) is 0 Å². The first-order valence-electron chi connectivity index (χ1n) is 36.0. The highest BCUT2D eigenvalue weighted by Crippen LogP contribution is 2.45. The Balaban J connectivity index is 0.000000135. The molecule has 504 valence electrons. The van der Waals surface area contributed by atoms with E-state index < -0.39 is 0 Å². The monoisotopic (exact) mass is 1380 g/mol. The zero-order chi connectivity index (χ0) is 70.9. The SMILES string of the molecule is c1ccc(-c2ccc(-c3nc(-c4cccc5c4oc4cc6c7ccccc7n(-c7ccccc7)c6cc45)nc(-c4cccc5oc6ccccc6c45)n3)cc2)cc1.c1ccc(-c2nc(-c3ccc4oc5ccccc5c4c3)nc(-c3cccc4c3oc3cc5c6ccccc6n(-c6ccccc6)c5cc34)n2)cc1. The van der Waals surface area contributed by atoms with E-state index >= 15 is 0 Å². The molecule has 0 amide bonds. The first-order valence-corrected chi connectivity index (χ1v) is 36.0. The summed E-state index contributed by atoms with van der Waals surface area (Å²) in [7, 11) is 0. The summed E-state index contributed by atoms with van der Waals surface area (Å²) in [5.41, 5.74) is 20.5. The number of para-hydroxylation sites is 8. The second-order valence-electron chi connectivity index (χ2n) is 27.2. The summed E-state index contributed by atoms with van der Waals surface area (Å²) in [5.74, 6) is 3.37. The molecule has 23 aromatic rings. The molecule has 0 atom stereocenters. The standard InChI is InChI=1S/C51H30N4O2.C45H26N4O2/c1-3-13-31(14-4-1)32-25-27-33(28-26-32)49-52-50(38-20-12-24-45-47(38)37-18-8-10-23-44(37)56-45)54-51(53-49)39-21-11-19-36-41-29-43-40(30-46(41)57-48(36)39)35-17-7-9-22-42(35)55(43)34-15-5-2-6-16-34;1-3-12-27(13-4-1)43-46-44(28-22-23-40-35(24-28)31-17-8-10-21-39(31)50-40)48-45(47-43)33-19-11-18-32-36-25-38-34(26-41(36)51-42(32)33)30-16-7-9-20-37(30)49(38)29-14-5-2-6-15-29/h1-30H;1-26H. The van der Waals surface area contributed by atoms with Gasteiger partial charge >= 0.3 is 0 Å². The summed E-state index contributed by atoms with van der Waals surface area (Å²) in [5, 5.41) is 12.7. The fraction of sp³-hybridized carbons (Fsp3) is 0. The number of hydrogen-bond acceptors (Lipinski definition) is 10. The van der Waals surface area contributed by atoms with Crippen LogP contribution in [-0.2, 0) is 0 Å². The van der Waals surface area contributed by atoms with Gasteiger partial charge in [-0.2, -0.15) is 0 Å². The van der Waals surface area contributed by atoms with Gasteiger partial charge in [-0.15, -0.1) is 0 Å². The number of aromatic nitrogens is 8. The summed E-state index contributed by atoms with van der Waals surface area (Å²) >= 11 is 0. The molecule has 23 rings (SSSR count). The van der Waals surface area contributed by atoms with Crippen molar-refractivity contribution in [1.29, 1.82) is 0 Å². The van der Waals surface area contributed by atoms with Crippen LogP contribution < -0.4 is 0 Å². The Morgan fingerprint density at radius 2 is 0.546 bits per heavy atom. The van der Waals surface area contributed by atoms with Crippen molar-refractivity contribution in [1.82, 2.24) is 39.0 Å². The van der Waals surface area contributed by atoms with Crippen LogP contribution in [0.5, 0.6) is 0 Å². The molecule has 0 aliphatic rings. The van der Waals surface area contributed by atoms with E-state index in [2.05, 4.69) is 234 Å². The van der Waals surface area contributed by atoms with Crippen LogP contribution in [0.4, 0.5) is 0 Å². The first kappa shape index (κ1) is 60.7. The number of furan rings is 4. The van der Waals surface area contributed by atoms with Crippen molar-refractivity contribution >= 4 is 131 Å². The quantitative estimate of drug-likeness (QED) is 0.137. The second-order valence-corrected chi connectivity index (χ2v) is 27.2. The molecule has 0 spiro atoms. The van der Waals surface area contributed by atoms with Crippen LogP contribution in [0, 0.1) is 0 Å². The molecule has 108 heavy (non-hydrogen) atoms. The van der Waals surface area contributed by atoms with Crippen LogP contribution in [0.2, 0.25) is 0 Å². The molecule has 0 saturated carbocycles. The van der Waals surface area contributed by atoms with E-state index in [1.165, 1.54) is 10.8 Å². The maximum atomic E-state index is 6.86. The minimum absolute atomic E-state index is 0.528. The van der Waals surface area contributed by atoms with Gasteiger partial charge in [-0.3, -0.25) is 0 Å². The molecule has 0 N–H and O–H groups in total. The average molecular weight is 1390 g/mol. The molecule has 0 bridgehead atoms. The highest BCUT2D eigenvalue weighted by Gasteiger charge is 2.25. The third kappa shape index (κ3) is 9.85. The Hall–Kier alpha value is -14.9. The lowest BCUT2D eigenvalue weighted by molar-refractivity contribution is 0.668. The third-order valence-electron chi connectivity index (χ3n) is 20.9. The van der Waals surface area contributed by atoms with Gasteiger partial charge in [-0.05, 0) is 120 Å². The predicted octanol–water partition coefficient (Wildman–Crippen LogP) is 25.2. The summed E-state index contributed by atoms with van der Waals surface area (Å²) < 4.78 is 30.7. The maximum absolute atomic E-state index is 6.86. The van der Waals surface area contributed by atoms with E-state index in [1.807, 2.05) is 115 Å². The fourth-order valence-electron chi connectivity index (χ4n) is 15.9. The van der Waals surface area contributed by atoms with Gasteiger partial charge in [0, 0.05) is 98.3 Å². The van der Waals surface area contributed by atoms with Crippen LogP contribution in [0.15, 0.2) is 357 Å². The normalized spacial score (nSPS) is 11.9.